The molecule has 0 saturated heterocycles. The largest absolute Gasteiger partial charge is 0.417 e. The lowest BCUT2D eigenvalue weighted by Crippen LogP contribution is -2.11. The van der Waals surface area contributed by atoms with Crippen LogP contribution in [-0.2, 0) is 12.4 Å². The fraction of sp³-hybridized carbons (Fsp3) is 0.0364. The van der Waals surface area contributed by atoms with Gasteiger partial charge in [0.15, 0.2) is 17.5 Å². The predicted octanol–water partition coefficient (Wildman–Crippen LogP) is 14.8. The van der Waals surface area contributed by atoms with Gasteiger partial charge in [-0.3, -0.25) is 0 Å². The first-order chi connectivity index (χ1) is 32.4. The van der Waals surface area contributed by atoms with Gasteiger partial charge in [0.1, 0.15) is 0 Å². The smallest absolute Gasteiger partial charge is 0.308 e. The van der Waals surface area contributed by atoms with E-state index in [1.54, 1.807) is 95.6 Å². The molecule has 12 heteroatoms. The Morgan fingerprint density at radius 2 is 0.821 bits per heavy atom. The van der Waals surface area contributed by atoms with Crippen molar-refractivity contribution >= 4 is 21.8 Å². The maximum Gasteiger partial charge on any atom is 0.417 e. The average Bonchev–Trinajstić information content (AvgIpc) is 3.69. The second kappa shape index (κ2) is 16.6. The van der Waals surface area contributed by atoms with Crippen LogP contribution >= 0.6 is 0 Å². The van der Waals surface area contributed by atoms with Crippen LogP contribution in [0.1, 0.15) is 22.3 Å². The Labute approximate surface area is 379 Å². The van der Waals surface area contributed by atoms with Crippen molar-refractivity contribution in [2.24, 2.45) is 0 Å². The predicted molar refractivity (Wildman–Crippen MR) is 246 cm³/mol. The van der Waals surface area contributed by atoms with E-state index in [2.05, 4.69) is 12.1 Å². The third-order valence-electron chi connectivity index (χ3n) is 11.5. The number of fused-ring (bicyclic) bond motifs is 3. The highest BCUT2D eigenvalue weighted by Gasteiger charge is 2.37. The lowest BCUT2D eigenvalue weighted by molar-refractivity contribution is -0.137. The van der Waals surface area contributed by atoms with Gasteiger partial charge < -0.3 is 4.57 Å². The summed E-state index contributed by atoms with van der Waals surface area (Å²) in [6.07, 6.45) is -9.78. The summed E-state index contributed by atoms with van der Waals surface area (Å²) in [7, 11) is 0. The molecule has 0 radical (unpaired) electrons. The highest BCUT2D eigenvalue weighted by molar-refractivity contribution is 6.12. The molecule has 0 N–H and O–H groups in total. The third-order valence-corrected chi connectivity index (χ3v) is 11.5. The number of benzene rings is 8. The van der Waals surface area contributed by atoms with E-state index in [-0.39, 0.29) is 62.1 Å². The first-order valence-corrected chi connectivity index (χ1v) is 20.8. The van der Waals surface area contributed by atoms with Crippen LogP contribution in [0.4, 0.5) is 26.3 Å². The van der Waals surface area contributed by atoms with Gasteiger partial charge in [0.2, 0.25) is 0 Å². The molecule has 2 aromatic heterocycles. The fourth-order valence-corrected chi connectivity index (χ4v) is 8.60. The standard InChI is InChI=1S/C55H30F6N6/c56-54(57,58)46-20-10-7-17-40(46)44-29-39(53-65-51(35-13-3-1-4-14-35)64-52(66-53)36-15-5-2-6-16-36)30-45(41-18-8-11-21-47(41)55(59,60)61)50(44)67-48-22-12-9-19-42(48)43-28-37(23-24-49(43)67)38-26-33(31-62)25-34(27-38)32-63/h1-30H. The van der Waals surface area contributed by atoms with Crippen molar-refractivity contribution < 1.29 is 26.3 Å². The molecule has 0 amide bonds. The second-order valence-electron chi connectivity index (χ2n) is 15.7. The monoisotopic (exact) mass is 888 g/mol. The van der Waals surface area contributed by atoms with Crippen LogP contribution in [0, 0.1) is 22.7 Å². The normalized spacial score (nSPS) is 11.7. The molecular weight excluding hydrogens is 859 g/mol. The number of alkyl halides is 6. The van der Waals surface area contributed by atoms with Gasteiger partial charge in [-0.2, -0.15) is 36.9 Å². The van der Waals surface area contributed by atoms with Gasteiger partial charge in [-0.15, -0.1) is 0 Å². The molecule has 0 bridgehead atoms. The van der Waals surface area contributed by atoms with Crippen molar-refractivity contribution in [2.45, 2.75) is 12.4 Å². The average molecular weight is 889 g/mol. The number of rotatable bonds is 7. The minimum atomic E-state index is -4.89. The van der Waals surface area contributed by atoms with Crippen molar-refractivity contribution in [3.05, 3.63) is 204 Å². The Morgan fingerprint density at radius 3 is 1.33 bits per heavy atom. The molecule has 0 saturated carbocycles. The van der Waals surface area contributed by atoms with Gasteiger partial charge >= 0.3 is 12.4 Å². The van der Waals surface area contributed by atoms with E-state index >= 15 is 26.3 Å². The summed E-state index contributed by atoms with van der Waals surface area (Å²) in [4.78, 5) is 14.5. The highest BCUT2D eigenvalue weighted by Crippen LogP contribution is 2.49. The number of para-hydroxylation sites is 1. The van der Waals surface area contributed by atoms with Gasteiger partial charge in [-0.05, 0) is 82.9 Å². The van der Waals surface area contributed by atoms with Crippen LogP contribution in [0.5, 0.6) is 0 Å². The molecule has 10 aromatic rings. The molecule has 6 nitrogen and oxygen atoms in total. The van der Waals surface area contributed by atoms with Gasteiger partial charge in [0, 0.05) is 38.6 Å². The van der Waals surface area contributed by atoms with E-state index < -0.39 is 23.5 Å². The zero-order valence-corrected chi connectivity index (χ0v) is 34.8. The summed E-state index contributed by atoms with van der Waals surface area (Å²) >= 11 is 0. The van der Waals surface area contributed by atoms with Crippen LogP contribution in [0.3, 0.4) is 0 Å². The Balaban J connectivity index is 1.37. The van der Waals surface area contributed by atoms with E-state index in [4.69, 9.17) is 15.0 Å². The summed E-state index contributed by atoms with van der Waals surface area (Å²) in [5.41, 5.74) is 1.36. The number of hydrogen-bond acceptors (Lipinski definition) is 5. The molecule has 2 heterocycles. The lowest BCUT2D eigenvalue weighted by Gasteiger charge is -2.24. The van der Waals surface area contributed by atoms with E-state index in [0.717, 1.165) is 12.1 Å². The molecule has 0 unspecified atom stereocenters. The molecule has 67 heavy (non-hydrogen) atoms. The van der Waals surface area contributed by atoms with Crippen molar-refractivity contribution in [1.82, 2.24) is 19.5 Å². The van der Waals surface area contributed by atoms with Gasteiger partial charge in [-0.25, -0.2) is 15.0 Å². The Morgan fingerprint density at radius 1 is 0.373 bits per heavy atom. The first kappa shape index (κ1) is 42.1. The summed E-state index contributed by atoms with van der Waals surface area (Å²) in [6.45, 7) is 0. The molecular formula is C55H30F6N6. The maximum absolute atomic E-state index is 15.3. The van der Waals surface area contributed by atoms with E-state index in [0.29, 0.717) is 44.1 Å². The summed E-state index contributed by atoms with van der Waals surface area (Å²) in [5.74, 6) is 0.491. The topological polar surface area (TPSA) is 91.2 Å². The lowest BCUT2D eigenvalue weighted by atomic mass is 9.88. The quantitative estimate of drug-likeness (QED) is 0.149. The number of hydrogen-bond donors (Lipinski definition) is 0. The van der Waals surface area contributed by atoms with E-state index in [1.807, 2.05) is 24.3 Å². The maximum atomic E-state index is 15.3. The summed E-state index contributed by atoms with van der Waals surface area (Å²) < 4.78 is 93.8. The van der Waals surface area contributed by atoms with Crippen molar-refractivity contribution in [2.75, 3.05) is 0 Å². The van der Waals surface area contributed by atoms with Crippen LogP contribution in [0.15, 0.2) is 182 Å². The highest BCUT2D eigenvalue weighted by atomic mass is 19.4. The number of nitriles is 2. The van der Waals surface area contributed by atoms with E-state index in [1.165, 1.54) is 54.6 Å². The van der Waals surface area contributed by atoms with Gasteiger partial charge in [0.05, 0.1) is 51.1 Å². The fourth-order valence-electron chi connectivity index (χ4n) is 8.60. The van der Waals surface area contributed by atoms with Crippen LogP contribution in [-0.4, -0.2) is 19.5 Å². The number of nitrogens with zero attached hydrogens (tertiary/aromatic N) is 6. The van der Waals surface area contributed by atoms with Crippen molar-refractivity contribution in [3.63, 3.8) is 0 Å². The van der Waals surface area contributed by atoms with Crippen molar-refractivity contribution in [1.29, 1.82) is 10.5 Å². The molecule has 0 fully saturated rings. The third kappa shape index (κ3) is 7.81. The van der Waals surface area contributed by atoms with Gasteiger partial charge in [-0.1, -0.05) is 121 Å². The molecule has 322 valence electrons. The second-order valence-corrected chi connectivity index (χ2v) is 15.7. The number of halogens is 6. The minimum Gasteiger partial charge on any atom is -0.308 e. The minimum absolute atomic E-state index is 0.0129. The number of aromatic nitrogens is 4. The first-order valence-electron chi connectivity index (χ1n) is 20.8. The van der Waals surface area contributed by atoms with Crippen LogP contribution in [0.2, 0.25) is 0 Å². The molecule has 10 rings (SSSR count). The Hall–Kier alpha value is -8.87. The van der Waals surface area contributed by atoms with Crippen LogP contribution in [0.25, 0.3) is 95.0 Å². The molecule has 0 aliphatic rings. The molecule has 0 aliphatic carbocycles. The Kier molecular flexibility index (Phi) is 10.4. The molecule has 8 aromatic carbocycles. The van der Waals surface area contributed by atoms with Crippen LogP contribution < -0.4 is 0 Å². The molecule has 0 spiro atoms. The van der Waals surface area contributed by atoms with E-state index in [9.17, 15) is 10.5 Å². The summed E-state index contributed by atoms with van der Waals surface area (Å²) in [6, 6.07) is 52.4. The zero-order chi connectivity index (χ0) is 46.5. The van der Waals surface area contributed by atoms with Crippen molar-refractivity contribution in [3.8, 4) is 85.4 Å². The molecule has 0 atom stereocenters. The van der Waals surface area contributed by atoms with Gasteiger partial charge in [0.25, 0.3) is 0 Å². The SMILES string of the molecule is N#Cc1cc(C#N)cc(-c2ccc3c(c2)c2ccccc2n3-c2c(-c3ccccc3C(F)(F)F)cc(-c3nc(-c4ccccc4)nc(-c4ccccc4)n3)cc2-c2ccccc2C(F)(F)F)c1. The molecule has 0 aliphatic heterocycles. The zero-order valence-electron chi connectivity index (χ0n) is 34.8. The summed E-state index contributed by atoms with van der Waals surface area (Å²) in [5, 5.41) is 20.8. The Bertz CT molecular complexity index is 3470.